The van der Waals surface area contributed by atoms with E-state index in [0.717, 1.165) is 0 Å². The zero-order valence-corrected chi connectivity index (χ0v) is 8.03. The molecule has 0 aromatic heterocycles. The third-order valence-electron chi connectivity index (χ3n) is 1.21. The highest BCUT2D eigenvalue weighted by Crippen LogP contribution is 1.90. The number of nitrogens with two attached hydrogens (primary N) is 3. The Morgan fingerprint density at radius 3 is 2.46 bits per heavy atom. The van der Waals surface area contributed by atoms with Crippen LogP contribution in [0.1, 0.15) is 13.8 Å². The summed E-state index contributed by atoms with van der Waals surface area (Å²) in [5.74, 6) is -0.0168. The van der Waals surface area contributed by atoms with E-state index in [9.17, 15) is 0 Å². The Kier molecular flexibility index (Phi) is 5.62. The van der Waals surface area contributed by atoms with Crippen LogP contribution >= 0.6 is 0 Å². The van der Waals surface area contributed by atoms with Gasteiger partial charge in [-0.05, 0) is 13.8 Å². The van der Waals surface area contributed by atoms with Crippen LogP contribution in [0.5, 0.6) is 0 Å². The molecule has 6 N–H and O–H groups in total. The molecule has 1 atom stereocenters. The fourth-order valence-electron chi connectivity index (χ4n) is 0.727. The van der Waals surface area contributed by atoms with Gasteiger partial charge in [-0.15, -0.1) is 0 Å². The van der Waals surface area contributed by atoms with Crippen molar-refractivity contribution >= 4 is 11.9 Å². The predicted molar refractivity (Wildman–Crippen MR) is 53.4 cm³/mol. The molecule has 6 heteroatoms. The normalized spacial score (nSPS) is 13.8. The molecule has 0 fully saturated rings. The molecule has 0 bridgehead atoms. The second-order valence-corrected chi connectivity index (χ2v) is 2.50. The topological polar surface area (TPSA) is 112 Å². The third-order valence-corrected chi connectivity index (χ3v) is 1.21. The number of aliphatic imine (C=N–C) groups is 2. The summed E-state index contributed by atoms with van der Waals surface area (Å²) in [6, 6.07) is 0. The second kappa shape index (κ2) is 6.24. The maximum absolute atomic E-state index is 5.37. The first-order valence-electron chi connectivity index (χ1n) is 4.07. The molecule has 0 heterocycles. The number of guanidine groups is 2. The lowest BCUT2D eigenvalue weighted by Gasteiger charge is -2.07. The maximum Gasteiger partial charge on any atom is 0.218 e. The van der Waals surface area contributed by atoms with Gasteiger partial charge in [0.2, 0.25) is 5.96 Å². The van der Waals surface area contributed by atoms with Gasteiger partial charge in [-0.1, -0.05) is 0 Å². The number of rotatable bonds is 4. The Balaban J connectivity index is 3.89. The van der Waals surface area contributed by atoms with Crippen molar-refractivity contribution in [2.75, 3.05) is 13.2 Å². The summed E-state index contributed by atoms with van der Waals surface area (Å²) in [7, 11) is 0. The van der Waals surface area contributed by atoms with Gasteiger partial charge >= 0.3 is 0 Å². The minimum atomic E-state index is -0.0923. The van der Waals surface area contributed by atoms with Gasteiger partial charge in [-0.3, -0.25) is 0 Å². The maximum atomic E-state index is 5.37. The smallest absolute Gasteiger partial charge is 0.218 e. The van der Waals surface area contributed by atoms with Crippen LogP contribution in [0.4, 0.5) is 0 Å². The Hall–Kier alpha value is -1.30. The van der Waals surface area contributed by atoms with Crippen LogP contribution in [0.3, 0.4) is 0 Å². The quantitative estimate of drug-likeness (QED) is 0.387. The highest BCUT2D eigenvalue weighted by Gasteiger charge is 1.98. The first kappa shape index (κ1) is 11.7. The van der Waals surface area contributed by atoms with Crippen LogP contribution in [0, 0.1) is 0 Å². The van der Waals surface area contributed by atoms with Crippen molar-refractivity contribution in [3.8, 4) is 0 Å². The molecule has 13 heavy (non-hydrogen) atoms. The summed E-state index contributed by atoms with van der Waals surface area (Å²) in [5.41, 5.74) is 15.6. The van der Waals surface area contributed by atoms with Gasteiger partial charge in [0.15, 0.2) is 5.96 Å². The zero-order valence-electron chi connectivity index (χ0n) is 8.03. The van der Waals surface area contributed by atoms with Crippen molar-refractivity contribution in [3.63, 3.8) is 0 Å². The third kappa shape index (κ3) is 7.07. The zero-order chi connectivity index (χ0) is 10.3. The van der Waals surface area contributed by atoms with Crippen molar-refractivity contribution in [1.82, 2.24) is 0 Å². The van der Waals surface area contributed by atoms with Gasteiger partial charge in [0, 0.05) is 6.61 Å². The first-order valence-corrected chi connectivity index (χ1v) is 4.07. The molecule has 6 nitrogen and oxygen atoms in total. The SMILES string of the molecule is CCOC(C)CN=C(N)N=C(N)N. The van der Waals surface area contributed by atoms with Gasteiger partial charge in [0.25, 0.3) is 0 Å². The number of ether oxygens (including phenoxy) is 1. The summed E-state index contributed by atoms with van der Waals surface area (Å²) in [5, 5.41) is 0. The van der Waals surface area contributed by atoms with E-state index < -0.39 is 0 Å². The van der Waals surface area contributed by atoms with Crippen LogP contribution in [-0.2, 0) is 4.74 Å². The molecule has 0 radical (unpaired) electrons. The lowest BCUT2D eigenvalue weighted by atomic mass is 10.4. The first-order chi connectivity index (χ1) is 6.06. The average molecular weight is 187 g/mol. The van der Waals surface area contributed by atoms with E-state index in [1.54, 1.807) is 0 Å². The molecule has 0 aromatic rings. The molecule has 0 rings (SSSR count). The van der Waals surface area contributed by atoms with Crippen LogP contribution < -0.4 is 17.2 Å². The fraction of sp³-hybridized carbons (Fsp3) is 0.714. The Morgan fingerprint density at radius 1 is 1.38 bits per heavy atom. The van der Waals surface area contributed by atoms with E-state index >= 15 is 0 Å². The Morgan fingerprint density at radius 2 is 2.00 bits per heavy atom. The minimum Gasteiger partial charge on any atom is -0.377 e. The van der Waals surface area contributed by atoms with Gasteiger partial charge in [0.05, 0.1) is 12.6 Å². The molecular weight excluding hydrogens is 170 g/mol. The predicted octanol–water partition coefficient (Wildman–Crippen LogP) is -1.00. The van der Waals surface area contributed by atoms with Crippen LogP contribution in [-0.4, -0.2) is 31.2 Å². The summed E-state index contributed by atoms with van der Waals surface area (Å²) in [6.45, 7) is 4.92. The van der Waals surface area contributed by atoms with E-state index in [2.05, 4.69) is 9.98 Å². The van der Waals surface area contributed by atoms with Crippen molar-refractivity contribution in [2.24, 2.45) is 27.2 Å². The Bertz CT molecular complexity index is 197. The molecule has 0 aliphatic heterocycles. The molecule has 76 valence electrons. The summed E-state index contributed by atoms with van der Waals surface area (Å²) in [4.78, 5) is 7.46. The molecule has 1 unspecified atom stereocenters. The summed E-state index contributed by atoms with van der Waals surface area (Å²) < 4.78 is 5.22. The van der Waals surface area contributed by atoms with Gasteiger partial charge in [-0.25, -0.2) is 4.99 Å². The van der Waals surface area contributed by atoms with Crippen LogP contribution in [0.2, 0.25) is 0 Å². The van der Waals surface area contributed by atoms with Crippen molar-refractivity contribution < 1.29 is 4.74 Å². The van der Waals surface area contributed by atoms with E-state index in [0.29, 0.717) is 13.2 Å². The molecule has 0 aliphatic carbocycles. The number of nitrogens with zero attached hydrogens (tertiary/aromatic N) is 2. The average Bonchev–Trinajstić information content (AvgIpc) is 2.00. The Labute approximate surface area is 77.9 Å². The lowest BCUT2D eigenvalue weighted by molar-refractivity contribution is 0.0829. The van der Waals surface area contributed by atoms with Crippen molar-refractivity contribution in [3.05, 3.63) is 0 Å². The van der Waals surface area contributed by atoms with E-state index in [4.69, 9.17) is 21.9 Å². The van der Waals surface area contributed by atoms with Crippen molar-refractivity contribution in [2.45, 2.75) is 20.0 Å². The summed E-state index contributed by atoms with van der Waals surface area (Å²) >= 11 is 0. The van der Waals surface area contributed by atoms with E-state index in [-0.39, 0.29) is 18.0 Å². The standard InChI is InChI=1S/C7H17N5O/c1-3-13-5(2)4-11-7(10)12-6(8)9/h5H,3-4H2,1-2H3,(H6,8,9,10,11,12). The van der Waals surface area contributed by atoms with Crippen LogP contribution in [0.15, 0.2) is 9.98 Å². The van der Waals surface area contributed by atoms with Crippen molar-refractivity contribution in [1.29, 1.82) is 0 Å². The molecule has 0 saturated carbocycles. The molecule has 0 spiro atoms. The van der Waals surface area contributed by atoms with Gasteiger partial charge < -0.3 is 21.9 Å². The van der Waals surface area contributed by atoms with Crippen LogP contribution in [0.25, 0.3) is 0 Å². The summed E-state index contributed by atoms with van der Waals surface area (Å²) in [6.07, 6.45) is 0.0257. The van der Waals surface area contributed by atoms with Gasteiger partial charge in [0.1, 0.15) is 0 Å². The van der Waals surface area contributed by atoms with E-state index in [1.165, 1.54) is 0 Å². The highest BCUT2D eigenvalue weighted by atomic mass is 16.5. The number of hydrogen-bond donors (Lipinski definition) is 3. The highest BCUT2D eigenvalue weighted by molar-refractivity contribution is 5.92. The minimum absolute atomic E-state index is 0.0257. The second-order valence-electron chi connectivity index (χ2n) is 2.50. The molecule has 0 saturated heterocycles. The number of hydrogen-bond acceptors (Lipinski definition) is 2. The fourth-order valence-corrected chi connectivity index (χ4v) is 0.727. The molecule has 0 aromatic carbocycles. The molecular formula is C7H17N5O. The van der Waals surface area contributed by atoms with E-state index in [1.807, 2.05) is 13.8 Å². The molecule has 0 aliphatic rings. The monoisotopic (exact) mass is 187 g/mol. The molecule has 0 amide bonds. The largest absolute Gasteiger partial charge is 0.377 e. The lowest BCUT2D eigenvalue weighted by Crippen LogP contribution is -2.27. The van der Waals surface area contributed by atoms with Gasteiger partial charge in [-0.2, -0.15) is 4.99 Å².